The molecule has 0 atom stereocenters. The highest BCUT2D eigenvalue weighted by Crippen LogP contribution is 2.29. The predicted molar refractivity (Wildman–Crippen MR) is 122 cm³/mol. The summed E-state index contributed by atoms with van der Waals surface area (Å²) in [4.78, 5) is 25.6. The topological polar surface area (TPSA) is 84.0 Å². The van der Waals surface area contributed by atoms with Gasteiger partial charge in [-0.05, 0) is 60.4 Å². The molecule has 2 aromatic heterocycles. The number of benzene rings is 2. The van der Waals surface area contributed by atoms with Crippen LogP contribution in [0.1, 0.15) is 25.6 Å². The van der Waals surface area contributed by atoms with E-state index in [-0.39, 0.29) is 16.5 Å². The summed E-state index contributed by atoms with van der Waals surface area (Å²) in [5.74, 6) is -1.29. The number of aromatic nitrogens is 2. The van der Waals surface area contributed by atoms with Crippen LogP contribution in [0.25, 0.3) is 11.3 Å². The Morgan fingerprint density at radius 1 is 1.03 bits per heavy atom. The Hall–Kier alpha value is -3.14. The van der Waals surface area contributed by atoms with Gasteiger partial charge in [0.1, 0.15) is 11.5 Å². The maximum absolute atomic E-state index is 13.2. The van der Waals surface area contributed by atoms with Gasteiger partial charge in [-0.2, -0.15) is 0 Å². The molecule has 0 spiro atoms. The van der Waals surface area contributed by atoms with Gasteiger partial charge in [0, 0.05) is 16.6 Å². The number of nitrogens with zero attached hydrogens (tertiary/aromatic N) is 2. The Morgan fingerprint density at radius 2 is 1.81 bits per heavy atom. The van der Waals surface area contributed by atoms with Gasteiger partial charge in [-0.25, -0.2) is 4.39 Å². The molecule has 0 bridgehead atoms. The van der Waals surface area contributed by atoms with Gasteiger partial charge in [-0.3, -0.25) is 9.59 Å². The minimum absolute atomic E-state index is 0.0145. The summed E-state index contributed by atoms with van der Waals surface area (Å²) in [6.07, 6.45) is 0. The first kappa shape index (κ1) is 21.1. The Labute approximate surface area is 189 Å². The van der Waals surface area contributed by atoms with Gasteiger partial charge < -0.3 is 10.6 Å². The maximum atomic E-state index is 13.2. The lowest BCUT2D eigenvalue weighted by Crippen LogP contribution is -2.12. The third kappa shape index (κ3) is 4.79. The van der Waals surface area contributed by atoms with Crippen LogP contribution in [-0.4, -0.2) is 21.4 Å². The van der Waals surface area contributed by atoms with Crippen LogP contribution in [0.3, 0.4) is 0 Å². The first-order valence-electron chi connectivity index (χ1n) is 8.96. The summed E-state index contributed by atoms with van der Waals surface area (Å²) in [5.41, 5.74) is 3.18. The van der Waals surface area contributed by atoms with Gasteiger partial charge in [-0.15, -0.1) is 16.4 Å². The Balaban J connectivity index is 1.45. The summed E-state index contributed by atoms with van der Waals surface area (Å²) >= 11 is 8.36. The van der Waals surface area contributed by atoms with Crippen molar-refractivity contribution in [2.45, 2.75) is 6.92 Å². The zero-order valence-corrected chi connectivity index (χ0v) is 18.4. The van der Waals surface area contributed by atoms with Crippen molar-refractivity contribution in [3.8, 4) is 11.3 Å². The average Bonchev–Trinajstić information content (AvgIpc) is 3.38. The lowest BCUT2D eigenvalue weighted by atomic mass is 10.1. The number of anilines is 2. The number of rotatable bonds is 5. The summed E-state index contributed by atoms with van der Waals surface area (Å²) < 4.78 is 17.0. The quantitative estimate of drug-likeness (QED) is 0.380. The van der Waals surface area contributed by atoms with Crippen LogP contribution in [-0.2, 0) is 0 Å². The van der Waals surface area contributed by atoms with Crippen molar-refractivity contribution in [3.05, 3.63) is 80.8 Å². The van der Waals surface area contributed by atoms with Crippen LogP contribution < -0.4 is 10.6 Å². The van der Waals surface area contributed by atoms with E-state index in [0.717, 1.165) is 34.7 Å². The second-order valence-electron chi connectivity index (χ2n) is 6.52. The average molecular weight is 473 g/mol. The Bertz CT molecular complexity index is 1260. The lowest BCUT2D eigenvalue weighted by molar-refractivity contribution is 0.102. The van der Waals surface area contributed by atoms with Gasteiger partial charge in [0.15, 0.2) is 0 Å². The van der Waals surface area contributed by atoms with Crippen LogP contribution in [0, 0.1) is 12.7 Å². The van der Waals surface area contributed by atoms with Gasteiger partial charge in [0.05, 0.1) is 20.5 Å². The maximum Gasteiger partial charge on any atom is 0.266 e. The molecule has 31 heavy (non-hydrogen) atoms. The number of halogens is 2. The molecular formula is C21H14ClFN4O2S2. The molecular weight excluding hydrogens is 459 g/mol. The van der Waals surface area contributed by atoms with Crippen molar-refractivity contribution in [3.63, 3.8) is 0 Å². The van der Waals surface area contributed by atoms with Gasteiger partial charge >= 0.3 is 0 Å². The molecule has 2 heterocycles. The van der Waals surface area contributed by atoms with E-state index in [1.165, 1.54) is 17.6 Å². The second kappa shape index (κ2) is 8.93. The Morgan fingerprint density at radius 3 is 2.48 bits per heavy atom. The first-order chi connectivity index (χ1) is 14.9. The molecule has 4 rings (SSSR count). The van der Waals surface area contributed by atoms with Crippen LogP contribution >= 0.6 is 34.5 Å². The minimum Gasteiger partial charge on any atom is -0.321 e. The number of aryl methyl sites for hydroxylation is 1. The van der Waals surface area contributed by atoms with Crippen molar-refractivity contribution >= 4 is 57.0 Å². The number of hydrogen-bond acceptors (Lipinski definition) is 6. The van der Waals surface area contributed by atoms with Gasteiger partial charge in [0.25, 0.3) is 11.8 Å². The minimum atomic E-state index is -0.524. The molecule has 0 saturated heterocycles. The van der Waals surface area contributed by atoms with Crippen LogP contribution in [0.4, 0.5) is 15.1 Å². The molecule has 10 heteroatoms. The Kier molecular flexibility index (Phi) is 6.08. The van der Waals surface area contributed by atoms with Gasteiger partial charge in [-0.1, -0.05) is 28.2 Å². The fraction of sp³-hybridized carbons (Fsp3) is 0.0476. The van der Waals surface area contributed by atoms with E-state index in [1.54, 1.807) is 25.1 Å². The van der Waals surface area contributed by atoms with E-state index in [2.05, 4.69) is 20.2 Å². The van der Waals surface area contributed by atoms with Crippen molar-refractivity contribution in [2.75, 3.05) is 10.6 Å². The molecule has 2 aromatic carbocycles. The third-order valence-corrected chi connectivity index (χ3v) is 6.30. The van der Waals surface area contributed by atoms with E-state index in [9.17, 15) is 14.0 Å². The first-order valence-corrected chi connectivity index (χ1v) is 11.0. The molecule has 2 N–H and O–H groups in total. The number of hydrogen-bond donors (Lipinski definition) is 2. The lowest BCUT2D eigenvalue weighted by Gasteiger charge is -2.06. The fourth-order valence-corrected chi connectivity index (χ4v) is 4.51. The fourth-order valence-electron chi connectivity index (χ4n) is 2.82. The zero-order valence-electron chi connectivity index (χ0n) is 16.0. The molecule has 0 saturated carbocycles. The number of nitrogens with one attached hydrogen (secondary N) is 2. The number of carbonyl (C=O) groups excluding carboxylic acids is 2. The molecule has 0 unspecified atom stereocenters. The molecule has 0 radical (unpaired) electrons. The van der Waals surface area contributed by atoms with Crippen molar-refractivity contribution in [1.82, 2.24) is 9.59 Å². The molecule has 0 aliphatic carbocycles. The zero-order chi connectivity index (χ0) is 22.0. The molecule has 4 aromatic rings. The molecule has 0 fully saturated rings. The van der Waals surface area contributed by atoms with Crippen LogP contribution in [0.5, 0.6) is 0 Å². The highest BCUT2D eigenvalue weighted by molar-refractivity contribution is 7.18. The molecule has 2 amide bonds. The summed E-state index contributed by atoms with van der Waals surface area (Å²) in [5, 5.41) is 11.9. The van der Waals surface area contributed by atoms with E-state index in [1.807, 2.05) is 17.5 Å². The van der Waals surface area contributed by atoms with Crippen molar-refractivity contribution in [2.24, 2.45) is 0 Å². The second-order valence-corrected chi connectivity index (χ2v) is 8.59. The SMILES string of the molecule is Cc1cc(NC(=O)c2ccc(F)cc2Cl)sc1C(=O)Nc1ccc(-c2csnn2)cc1. The van der Waals surface area contributed by atoms with E-state index < -0.39 is 11.7 Å². The summed E-state index contributed by atoms with van der Waals surface area (Å²) in [7, 11) is 0. The third-order valence-electron chi connectivity index (χ3n) is 4.34. The van der Waals surface area contributed by atoms with Crippen molar-refractivity contribution in [1.29, 1.82) is 0 Å². The molecule has 6 nitrogen and oxygen atoms in total. The summed E-state index contributed by atoms with van der Waals surface area (Å²) in [6.45, 7) is 1.78. The van der Waals surface area contributed by atoms with E-state index in [0.29, 0.717) is 21.1 Å². The smallest absolute Gasteiger partial charge is 0.266 e. The number of amides is 2. The van der Waals surface area contributed by atoms with E-state index >= 15 is 0 Å². The van der Waals surface area contributed by atoms with Gasteiger partial charge in [0.2, 0.25) is 0 Å². The van der Waals surface area contributed by atoms with Crippen molar-refractivity contribution < 1.29 is 14.0 Å². The van der Waals surface area contributed by atoms with E-state index in [4.69, 9.17) is 11.6 Å². The molecule has 156 valence electrons. The highest BCUT2D eigenvalue weighted by atomic mass is 35.5. The monoisotopic (exact) mass is 472 g/mol. The normalized spacial score (nSPS) is 10.7. The highest BCUT2D eigenvalue weighted by Gasteiger charge is 2.17. The van der Waals surface area contributed by atoms with Crippen LogP contribution in [0.15, 0.2) is 53.9 Å². The molecule has 0 aliphatic heterocycles. The summed E-state index contributed by atoms with van der Waals surface area (Å²) in [6, 6.07) is 12.5. The predicted octanol–water partition coefficient (Wildman–Crippen LogP) is 5.87. The standard InChI is InChI=1S/C21H14ClFN4O2S2/c1-11-8-18(25-20(28)15-7-4-13(23)9-16(15)22)31-19(11)21(29)24-14-5-2-12(3-6-14)17-10-30-27-26-17/h2-10H,1H3,(H,24,29)(H,25,28). The van der Waals surface area contributed by atoms with Crippen LogP contribution in [0.2, 0.25) is 5.02 Å². The largest absolute Gasteiger partial charge is 0.321 e. The number of carbonyl (C=O) groups is 2. The molecule has 0 aliphatic rings. The number of thiophene rings is 1.